The molecule has 23 heavy (non-hydrogen) atoms. The van der Waals surface area contributed by atoms with Gasteiger partial charge in [-0.05, 0) is 22.6 Å². The number of ether oxygens (including phenoxy) is 1. The summed E-state index contributed by atoms with van der Waals surface area (Å²) in [5.74, 6) is -0.388. The summed E-state index contributed by atoms with van der Waals surface area (Å²) < 4.78 is 7.85. The van der Waals surface area contributed by atoms with Gasteiger partial charge in [-0.15, -0.1) is 0 Å². The van der Waals surface area contributed by atoms with E-state index >= 15 is 0 Å². The molecule has 0 bridgehead atoms. The first-order valence-corrected chi connectivity index (χ1v) is 7.69. The summed E-state index contributed by atoms with van der Waals surface area (Å²) in [7, 11) is 0. The van der Waals surface area contributed by atoms with Crippen LogP contribution >= 0.6 is 15.9 Å². The second-order valence-electron chi connectivity index (χ2n) is 5.17. The van der Waals surface area contributed by atoms with E-state index in [9.17, 15) is 14.9 Å². The summed E-state index contributed by atoms with van der Waals surface area (Å²) in [6.07, 6.45) is 1.57. The summed E-state index contributed by atoms with van der Waals surface area (Å²) in [5.41, 5.74) is 0.904. The van der Waals surface area contributed by atoms with Gasteiger partial charge in [0.2, 0.25) is 5.91 Å². The van der Waals surface area contributed by atoms with Crippen molar-refractivity contribution in [2.75, 3.05) is 6.61 Å². The lowest BCUT2D eigenvalue weighted by Gasteiger charge is -2.23. The zero-order valence-electron chi connectivity index (χ0n) is 11.9. The topological polar surface area (TPSA) is 99.3 Å². The summed E-state index contributed by atoms with van der Waals surface area (Å²) in [6, 6.07) is 7.46. The van der Waals surface area contributed by atoms with Crippen molar-refractivity contribution in [2.24, 2.45) is 0 Å². The SMILES string of the molecule is O=C(Cc1ccc(Br)cc1)N[C@@H]1COc2nc([N+](=O)[O-])cn2C1. The molecule has 2 heterocycles. The van der Waals surface area contributed by atoms with Crippen molar-refractivity contribution in [1.82, 2.24) is 14.9 Å². The van der Waals surface area contributed by atoms with Crippen LogP contribution in [-0.4, -0.2) is 33.0 Å². The first-order valence-electron chi connectivity index (χ1n) is 6.89. The third-order valence-electron chi connectivity index (χ3n) is 3.39. The van der Waals surface area contributed by atoms with Gasteiger partial charge in [0.25, 0.3) is 0 Å². The van der Waals surface area contributed by atoms with Gasteiger partial charge in [-0.1, -0.05) is 28.1 Å². The smallest absolute Gasteiger partial charge is 0.414 e. The van der Waals surface area contributed by atoms with Crippen LogP contribution in [0.3, 0.4) is 0 Å². The van der Waals surface area contributed by atoms with Gasteiger partial charge in [-0.25, -0.2) is 0 Å². The summed E-state index contributed by atoms with van der Waals surface area (Å²) in [6.45, 7) is 0.627. The van der Waals surface area contributed by atoms with Crippen molar-refractivity contribution in [1.29, 1.82) is 0 Å². The number of nitrogens with zero attached hydrogens (tertiary/aromatic N) is 3. The highest BCUT2D eigenvalue weighted by atomic mass is 79.9. The second kappa shape index (κ2) is 6.37. The molecule has 9 heteroatoms. The van der Waals surface area contributed by atoms with Gasteiger partial charge in [0.15, 0.2) is 0 Å². The van der Waals surface area contributed by atoms with Crippen LogP contribution in [0.5, 0.6) is 6.01 Å². The Hall–Kier alpha value is -2.42. The van der Waals surface area contributed by atoms with Crippen LogP contribution in [0.1, 0.15) is 5.56 Å². The molecule has 0 unspecified atom stereocenters. The molecule has 1 aliphatic heterocycles. The Balaban J connectivity index is 1.59. The highest BCUT2D eigenvalue weighted by molar-refractivity contribution is 9.10. The van der Waals surface area contributed by atoms with Gasteiger partial charge in [-0.2, -0.15) is 0 Å². The molecule has 2 aromatic rings. The predicted octanol–water partition coefficient (Wildman–Crippen LogP) is 1.67. The molecule has 1 aromatic carbocycles. The van der Waals surface area contributed by atoms with E-state index in [1.807, 2.05) is 24.3 Å². The maximum Gasteiger partial charge on any atom is 0.414 e. The Morgan fingerprint density at radius 3 is 2.91 bits per heavy atom. The highest BCUT2D eigenvalue weighted by Crippen LogP contribution is 2.21. The molecule has 0 saturated heterocycles. The molecule has 120 valence electrons. The molecular weight excluding hydrogens is 368 g/mol. The molecule has 1 atom stereocenters. The number of hydrogen-bond acceptors (Lipinski definition) is 5. The lowest BCUT2D eigenvalue weighted by Crippen LogP contribution is -2.45. The number of benzene rings is 1. The van der Waals surface area contributed by atoms with Gasteiger partial charge >= 0.3 is 11.8 Å². The molecule has 1 aliphatic rings. The van der Waals surface area contributed by atoms with Crippen LogP contribution in [0.4, 0.5) is 5.82 Å². The van der Waals surface area contributed by atoms with Gasteiger partial charge in [0, 0.05) is 9.46 Å². The van der Waals surface area contributed by atoms with E-state index in [2.05, 4.69) is 26.2 Å². The standard InChI is InChI=1S/C14H13BrN4O4/c15-10-3-1-9(2-4-10)5-13(20)16-11-6-18-7-12(19(21)22)17-14(18)23-8-11/h1-4,7,11H,5-6,8H2,(H,16,20)/t11-/m0/s1. The maximum absolute atomic E-state index is 12.1. The number of carbonyl (C=O) groups is 1. The zero-order chi connectivity index (χ0) is 16.4. The summed E-state index contributed by atoms with van der Waals surface area (Å²) in [5, 5.41) is 13.6. The quantitative estimate of drug-likeness (QED) is 0.642. The fraction of sp³-hybridized carbons (Fsp3) is 0.286. The molecule has 8 nitrogen and oxygen atoms in total. The molecule has 1 N–H and O–H groups in total. The maximum atomic E-state index is 12.1. The largest absolute Gasteiger partial charge is 0.444 e. The number of amides is 1. The van der Waals surface area contributed by atoms with Gasteiger partial charge < -0.3 is 20.2 Å². The van der Waals surface area contributed by atoms with Crippen molar-refractivity contribution < 1.29 is 14.5 Å². The van der Waals surface area contributed by atoms with E-state index < -0.39 is 4.92 Å². The van der Waals surface area contributed by atoms with Crippen LogP contribution in [0.25, 0.3) is 0 Å². The molecule has 0 spiro atoms. The number of halogens is 1. The lowest BCUT2D eigenvalue weighted by molar-refractivity contribution is -0.389. The average molecular weight is 381 g/mol. The highest BCUT2D eigenvalue weighted by Gasteiger charge is 2.28. The minimum Gasteiger partial charge on any atom is -0.444 e. The van der Waals surface area contributed by atoms with Crippen LogP contribution in [0.15, 0.2) is 34.9 Å². The lowest BCUT2D eigenvalue weighted by atomic mass is 10.1. The molecular formula is C14H13BrN4O4. The van der Waals surface area contributed by atoms with E-state index in [1.165, 1.54) is 10.8 Å². The van der Waals surface area contributed by atoms with Crippen LogP contribution in [-0.2, 0) is 17.8 Å². The number of imidazole rings is 1. The Labute approximate surface area is 139 Å². The molecule has 0 radical (unpaired) electrons. The summed E-state index contributed by atoms with van der Waals surface area (Å²) in [4.78, 5) is 26.0. The van der Waals surface area contributed by atoms with E-state index in [0.717, 1.165) is 10.0 Å². The Morgan fingerprint density at radius 1 is 1.48 bits per heavy atom. The van der Waals surface area contributed by atoms with Crippen LogP contribution in [0, 0.1) is 10.1 Å². The van der Waals surface area contributed by atoms with E-state index in [4.69, 9.17) is 4.74 Å². The van der Waals surface area contributed by atoms with Crippen LogP contribution < -0.4 is 10.1 Å². The molecule has 1 aromatic heterocycles. The summed E-state index contributed by atoms with van der Waals surface area (Å²) >= 11 is 3.35. The number of carbonyl (C=O) groups excluding carboxylic acids is 1. The fourth-order valence-electron chi connectivity index (χ4n) is 2.34. The Kier molecular flexibility index (Phi) is 4.28. The van der Waals surface area contributed by atoms with Gasteiger partial charge in [0.05, 0.1) is 19.0 Å². The molecule has 1 amide bonds. The molecule has 0 aliphatic carbocycles. The third-order valence-corrected chi connectivity index (χ3v) is 3.92. The number of rotatable bonds is 4. The number of hydrogen-bond donors (Lipinski definition) is 1. The van der Waals surface area contributed by atoms with Crippen molar-refractivity contribution in [3.05, 3.63) is 50.6 Å². The Morgan fingerprint density at radius 2 is 2.22 bits per heavy atom. The van der Waals surface area contributed by atoms with Crippen molar-refractivity contribution >= 4 is 27.7 Å². The predicted molar refractivity (Wildman–Crippen MR) is 84.2 cm³/mol. The first kappa shape index (κ1) is 15.5. The van der Waals surface area contributed by atoms with Gasteiger partial charge in [-0.3, -0.25) is 9.36 Å². The van der Waals surface area contributed by atoms with E-state index in [-0.39, 0.29) is 36.8 Å². The van der Waals surface area contributed by atoms with Crippen molar-refractivity contribution in [2.45, 2.75) is 19.0 Å². The van der Waals surface area contributed by atoms with E-state index in [0.29, 0.717) is 6.54 Å². The monoisotopic (exact) mass is 380 g/mol. The minimum atomic E-state index is -0.574. The number of aromatic nitrogens is 2. The Bertz CT molecular complexity index is 744. The van der Waals surface area contributed by atoms with Crippen LogP contribution in [0.2, 0.25) is 0 Å². The van der Waals surface area contributed by atoms with Gasteiger partial charge in [0.1, 0.15) is 12.8 Å². The number of nitro groups is 1. The number of fused-ring (bicyclic) bond motifs is 1. The number of nitrogens with one attached hydrogen (secondary N) is 1. The fourth-order valence-corrected chi connectivity index (χ4v) is 2.60. The first-order chi connectivity index (χ1) is 11.0. The normalized spacial score (nSPS) is 16.3. The second-order valence-corrected chi connectivity index (χ2v) is 6.09. The van der Waals surface area contributed by atoms with Crippen molar-refractivity contribution in [3.63, 3.8) is 0 Å². The average Bonchev–Trinajstić information content (AvgIpc) is 2.93. The van der Waals surface area contributed by atoms with Crippen molar-refractivity contribution in [3.8, 4) is 6.01 Å². The molecule has 0 fully saturated rings. The third kappa shape index (κ3) is 3.67. The molecule has 0 saturated carbocycles. The van der Waals surface area contributed by atoms with E-state index in [1.54, 1.807) is 0 Å². The minimum absolute atomic E-state index is 0.126. The molecule has 3 rings (SSSR count). The zero-order valence-corrected chi connectivity index (χ0v) is 13.5.